The third-order valence-corrected chi connectivity index (χ3v) is 3.39. The van der Waals surface area contributed by atoms with Crippen LogP contribution < -0.4 is 10.6 Å². The van der Waals surface area contributed by atoms with Gasteiger partial charge < -0.3 is 5.32 Å². The number of carbonyl (C=O) groups is 2. The lowest BCUT2D eigenvalue weighted by Gasteiger charge is -2.07. The van der Waals surface area contributed by atoms with Crippen LogP contribution in [0, 0.1) is 0 Å². The maximum absolute atomic E-state index is 11.4. The first kappa shape index (κ1) is 14.0. The van der Waals surface area contributed by atoms with Crippen molar-refractivity contribution in [1.82, 2.24) is 10.6 Å². The van der Waals surface area contributed by atoms with E-state index in [0.717, 1.165) is 11.3 Å². The van der Waals surface area contributed by atoms with Crippen molar-refractivity contribution in [1.29, 1.82) is 0 Å². The number of alkyl halides is 1. The van der Waals surface area contributed by atoms with Crippen molar-refractivity contribution < 1.29 is 9.59 Å². The van der Waals surface area contributed by atoms with Gasteiger partial charge in [0, 0.05) is 4.88 Å². The van der Waals surface area contributed by atoms with Crippen molar-refractivity contribution in [3.63, 3.8) is 0 Å². The summed E-state index contributed by atoms with van der Waals surface area (Å²) >= 11 is 7.12. The predicted molar refractivity (Wildman–Crippen MR) is 69.4 cm³/mol. The second-order valence-electron chi connectivity index (χ2n) is 3.51. The van der Waals surface area contributed by atoms with Crippen molar-refractivity contribution in [3.05, 3.63) is 21.9 Å². The average molecular weight is 275 g/mol. The summed E-state index contributed by atoms with van der Waals surface area (Å²) in [6.07, 6.45) is 0.930. The van der Waals surface area contributed by atoms with Crippen molar-refractivity contribution in [3.8, 4) is 0 Å². The van der Waals surface area contributed by atoms with Gasteiger partial charge in [0.2, 0.25) is 5.91 Å². The first-order valence-corrected chi connectivity index (χ1v) is 6.64. The molecule has 0 saturated carbocycles. The number of hydrogen-bond donors (Lipinski definition) is 2. The largest absolute Gasteiger partial charge is 0.333 e. The fourth-order valence-electron chi connectivity index (χ4n) is 1.25. The summed E-state index contributed by atoms with van der Waals surface area (Å²) in [5.74, 6) is -0.494. The second-order valence-corrected chi connectivity index (χ2v) is 5.17. The van der Waals surface area contributed by atoms with Crippen LogP contribution in [-0.4, -0.2) is 17.3 Å². The Morgan fingerprint density at radius 1 is 1.53 bits per heavy atom. The summed E-state index contributed by atoms with van der Waals surface area (Å²) < 4.78 is 0. The number of carbonyl (C=O) groups excluding carboxylic acids is 2. The summed E-state index contributed by atoms with van der Waals surface area (Å²) in [6, 6.07) is 1.52. The minimum absolute atomic E-state index is 0.427. The Hall–Kier alpha value is -1.07. The molecule has 0 fully saturated rings. The number of aryl methyl sites for hydroxylation is 1. The Balaban J connectivity index is 2.41. The smallest absolute Gasteiger partial charge is 0.321 e. The molecule has 4 nitrogen and oxygen atoms in total. The summed E-state index contributed by atoms with van der Waals surface area (Å²) in [4.78, 5) is 23.6. The van der Waals surface area contributed by atoms with E-state index in [0.29, 0.717) is 6.54 Å². The molecule has 2 N–H and O–H groups in total. The molecule has 1 rings (SSSR count). The van der Waals surface area contributed by atoms with E-state index >= 15 is 0 Å². The summed E-state index contributed by atoms with van der Waals surface area (Å²) in [5.41, 5.74) is 1.22. The topological polar surface area (TPSA) is 58.2 Å². The first-order chi connectivity index (χ1) is 8.04. The Morgan fingerprint density at radius 2 is 2.24 bits per heavy atom. The standard InChI is InChI=1S/C11H15ClN2O2S/c1-3-8-4-5-17-9(8)6-13-11(16)14-10(15)7(2)12/h4-5,7H,3,6H2,1-2H3,(H2,13,14,15,16). The van der Waals surface area contributed by atoms with Gasteiger partial charge in [-0.1, -0.05) is 6.92 Å². The average Bonchev–Trinajstić information content (AvgIpc) is 2.73. The number of urea groups is 1. The molecule has 1 heterocycles. The highest BCUT2D eigenvalue weighted by Gasteiger charge is 2.13. The highest BCUT2D eigenvalue weighted by molar-refractivity contribution is 7.10. The molecule has 0 aromatic carbocycles. The molecule has 3 amide bonds. The van der Waals surface area contributed by atoms with Gasteiger partial charge in [0.1, 0.15) is 5.38 Å². The van der Waals surface area contributed by atoms with Gasteiger partial charge in [0.15, 0.2) is 0 Å². The molecule has 94 valence electrons. The van der Waals surface area contributed by atoms with Crippen LogP contribution in [0.3, 0.4) is 0 Å². The van der Waals surface area contributed by atoms with Gasteiger partial charge in [-0.15, -0.1) is 22.9 Å². The summed E-state index contributed by atoms with van der Waals surface area (Å²) in [7, 11) is 0. The van der Waals surface area contributed by atoms with E-state index in [2.05, 4.69) is 17.6 Å². The van der Waals surface area contributed by atoms with Crippen LogP contribution in [0.1, 0.15) is 24.3 Å². The second kappa shape index (κ2) is 6.61. The normalized spacial score (nSPS) is 11.9. The molecular weight excluding hydrogens is 260 g/mol. The third kappa shape index (κ3) is 4.36. The molecule has 17 heavy (non-hydrogen) atoms. The molecule has 0 aliphatic heterocycles. The van der Waals surface area contributed by atoms with Crippen molar-refractivity contribution in [2.45, 2.75) is 32.2 Å². The number of imide groups is 1. The third-order valence-electron chi connectivity index (χ3n) is 2.23. The van der Waals surface area contributed by atoms with Crippen LogP contribution in [0.4, 0.5) is 4.79 Å². The van der Waals surface area contributed by atoms with Gasteiger partial charge in [-0.3, -0.25) is 10.1 Å². The van der Waals surface area contributed by atoms with E-state index in [1.54, 1.807) is 11.3 Å². The number of nitrogens with one attached hydrogen (secondary N) is 2. The van der Waals surface area contributed by atoms with Gasteiger partial charge >= 0.3 is 6.03 Å². The number of thiophene rings is 1. The van der Waals surface area contributed by atoms with Crippen LogP contribution >= 0.6 is 22.9 Å². The Morgan fingerprint density at radius 3 is 2.82 bits per heavy atom. The molecule has 0 radical (unpaired) electrons. The number of halogens is 1. The molecule has 0 spiro atoms. The van der Waals surface area contributed by atoms with Crippen LogP contribution in [0.2, 0.25) is 0 Å². The van der Waals surface area contributed by atoms with E-state index in [1.165, 1.54) is 12.5 Å². The fourth-order valence-corrected chi connectivity index (χ4v) is 2.22. The molecule has 1 aromatic heterocycles. The Kier molecular flexibility index (Phi) is 5.44. The highest BCUT2D eigenvalue weighted by Crippen LogP contribution is 2.16. The fraction of sp³-hybridized carbons (Fsp3) is 0.455. The molecule has 0 saturated heterocycles. The zero-order chi connectivity index (χ0) is 12.8. The van der Waals surface area contributed by atoms with Crippen LogP contribution in [0.25, 0.3) is 0 Å². The van der Waals surface area contributed by atoms with E-state index in [9.17, 15) is 9.59 Å². The minimum atomic E-state index is -0.714. The maximum Gasteiger partial charge on any atom is 0.321 e. The van der Waals surface area contributed by atoms with Gasteiger partial charge in [0.05, 0.1) is 6.54 Å². The summed E-state index contributed by atoms with van der Waals surface area (Å²) in [6.45, 7) is 4.00. The Labute approximate surface area is 109 Å². The molecule has 0 bridgehead atoms. The molecule has 6 heteroatoms. The first-order valence-electron chi connectivity index (χ1n) is 5.32. The Bertz CT molecular complexity index is 404. The van der Waals surface area contributed by atoms with E-state index in [1.807, 2.05) is 11.4 Å². The van der Waals surface area contributed by atoms with Crippen LogP contribution in [-0.2, 0) is 17.8 Å². The summed E-state index contributed by atoms with van der Waals surface area (Å²) in [5, 5.41) is 6.06. The predicted octanol–water partition coefficient (Wildman–Crippen LogP) is 2.26. The molecule has 1 unspecified atom stereocenters. The molecular formula is C11H15ClN2O2S. The molecule has 1 atom stereocenters. The number of hydrogen-bond acceptors (Lipinski definition) is 3. The van der Waals surface area contributed by atoms with Crippen LogP contribution in [0.15, 0.2) is 11.4 Å². The zero-order valence-corrected chi connectivity index (χ0v) is 11.3. The highest BCUT2D eigenvalue weighted by atomic mass is 35.5. The molecule has 0 aliphatic carbocycles. The number of rotatable bonds is 4. The van der Waals surface area contributed by atoms with Crippen molar-refractivity contribution in [2.75, 3.05) is 0 Å². The molecule has 0 aliphatic rings. The van der Waals surface area contributed by atoms with Gasteiger partial charge in [-0.25, -0.2) is 4.79 Å². The lowest BCUT2D eigenvalue weighted by Crippen LogP contribution is -2.41. The van der Waals surface area contributed by atoms with Gasteiger partial charge in [0.25, 0.3) is 0 Å². The lowest BCUT2D eigenvalue weighted by atomic mass is 10.2. The SMILES string of the molecule is CCc1ccsc1CNC(=O)NC(=O)C(C)Cl. The lowest BCUT2D eigenvalue weighted by molar-refractivity contribution is -0.119. The van der Waals surface area contributed by atoms with Crippen molar-refractivity contribution in [2.24, 2.45) is 0 Å². The maximum atomic E-state index is 11.4. The van der Waals surface area contributed by atoms with E-state index in [-0.39, 0.29) is 0 Å². The van der Waals surface area contributed by atoms with Gasteiger partial charge in [-0.2, -0.15) is 0 Å². The van der Waals surface area contributed by atoms with Gasteiger partial charge in [-0.05, 0) is 30.4 Å². The number of amides is 3. The quantitative estimate of drug-likeness (QED) is 0.828. The van der Waals surface area contributed by atoms with E-state index < -0.39 is 17.3 Å². The molecule has 1 aromatic rings. The monoisotopic (exact) mass is 274 g/mol. The zero-order valence-electron chi connectivity index (χ0n) is 9.75. The van der Waals surface area contributed by atoms with E-state index in [4.69, 9.17) is 11.6 Å². The van der Waals surface area contributed by atoms with Crippen molar-refractivity contribution >= 4 is 34.9 Å². The van der Waals surface area contributed by atoms with Crippen LogP contribution in [0.5, 0.6) is 0 Å². The minimum Gasteiger partial charge on any atom is -0.333 e.